The summed E-state index contributed by atoms with van der Waals surface area (Å²) in [6.07, 6.45) is 3.87. The van der Waals surface area contributed by atoms with E-state index in [0.29, 0.717) is 0 Å². The number of rotatable bonds is 5. The lowest BCUT2D eigenvalue weighted by Crippen LogP contribution is -2.35. The van der Waals surface area contributed by atoms with Crippen molar-refractivity contribution in [2.45, 2.75) is 39.7 Å². The van der Waals surface area contributed by atoms with Crippen LogP contribution in [0.5, 0.6) is 0 Å². The van der Waals surface area contributed by atoms with Gasteiger partial charge in [-0.2, -0.15) is 0 Å². The Morgan fingerprint density at radius 2 is 2.26 bits per heavy atom. The molecule has 1 fully saturated rings. The summed E-state index contributed by atoms with van der Waals surface area (Å²) in [5.41, 5.74) is 2.83. The van der Waals surface area contributed by atoms with E-state index in [1.54, 1.807) is 0 Å². The maximum Gasteiger partial charge on any atom is 0.0423 e. The molecule has 1 aliphatic rings. The number of hydrogen-bond acceptors (Lipinski definition) is 2. The van der Waals surface area contributed by atoms with Gasteiger partial charge in [0.1, 0.15) is 0 Å². The number of benzene rings is 1. The summed E-state index contributed by atoms with van der Waals surface area (Å²) in [5.74, 6) is 0.809. The molecule has 0 saturated carbocycles. The van der Waals surface area contributed by atoms with Gasteiger partial charge >= 0.3 is 0 Å². The predicted octanol–water partition coefficient (Wildman–Crippen LogP) is 4.19. The highest BCUT2D eigenvalue weighted by Gasteiger charge is 2.18. The first-order valence-electron chi connectivity index (χ1n) is 7.44. The van der Waals surface area contributed by atoms with Gasteiger partial charge in [0.2, 0.25) is 0 Å². The van der Waals surface area contributed by atoms with E-state index >= 15 is 0 Å². The van der Waals surface area contributed by atoms with E-state index in [1.165, 1.54) is 48.1 Å². The number of anilines is 1. The van der Waals surface area contributed by atoms with Crippen molar-refractivity contribution in [1.82, 2.24) is 5.32 Å². The lowest BCUT2D eigenvalue weighted by Gasteiger charge is -2.34. The first kappa shape index (κ1) is 14.9. The second-order valence-corrected chi connectivity index (χ2v) is 6.56. The van der Waals surface area contributed by atoms with Crippen molar-refractivity contribution >= 4 is 21.6 Å². The summed E-state index contributed by atoms with van der Waals surface area (Å²) in [4.78, 5) is 2.56. The van der Waals surface area contributed by atoms with Crippen LogP contribution in [0.25, 0.3) is 0 Å². The molecule has 1 saturated heterocycles. The Labute approximate surface area is 125 Å². The highest BCUT2D eigenvalue weighted by Crippen LogP contribution is 2.29. The predicted molar refractivity (Wildman–Crippen MR) is 86.8 cm³/mol. The van der Waals surface area contributed by atoms with Crippen molar-refractivity contribution < 1.29 is 0 Å². The molecule has 0 radical (unpaired) electrons. The van der Waals surface area contributed by atoms with Crippen LogP contribution >= 0.6 is 15.9 Å². The molecule has 106 valence electrons. The first-order chi connectivity index (χ1) is 9.20. The minimum absolute atomic E-state index is 0.809. The van der Waals surface area contributed by atoms with Gasteiger partial charge in [-0.15, -0.1) is 0 Å². The fourth-order valence-corrected chi connectivity index (χ4v) is 3.14. The highest BCUT2D eigenvalue weighted by molar-refractivity contribution is 9.10. The molecular formula is C16H25BrN2. The second-order valence-electron chi connectivity index (χ2n) is 5.64. The van der Waals surface area contributed by atoms with Crippen LogP contribution in [0.4, 0.5) is 5.69 Å². The van der Waals surface area contributed by atoms with Gasteiger partial charge in [0.15, 0.2) is 0 Å². The normalized spacial score (nSPS) is 19.7. The van der Waals surface area contributed by atoms with Gasteiger partial charge < -0.3 is 10.2 Å². The average Bonchev–Trinajstić information content (AvgIpc) is 2.40. The van der Waals surface area contributed by atoms with Gasteiger partial charge in [0.05, 0.1) is 0 Å². The Kier molecular flexibility index (Phi) is 5.71. The summed E-state index contributed by atoms with van der Waals surface area (Å²) < 4.78 is 1.18. The van der Waals surface area contributed by atoms with Gasteiger partial charge in [-0.1, -0.05) is 35.8 Å². The number of halogens is 1. The van der Waals surface area contributed by atoms with Crippen LogP contribution in [-0.2, 0) is 6.54 Å². The van der Waals surface area contributed by atoms with Crippen LogP contribution in [0.2, 0.25) is 0 Å². The third-order valence-corrected chi connectivity index (χ3v) is 4.28. The van der Waals surface area contributed by atoms with Crippen LogP contribution in [0.3, 0.4) is 0 Å². The summed E-state index contributed by atoms with van der Waals surface area (Å²) in [7, 11) is 0. The molecule has 19 heavy (non-hydrogen) atoms. The van der Waals surface area contributed by atoms with Crippen molar-refractivity contribution in [3.63, 3.8) is 0 Å². The smallest absolute Gasteiger partial charge is 0.0423 e. The molecule has 0 amide bonds. The van der Waals surface area contributed by atoms with Crippen molar-refractivity contribution in [1.29, 1.82) is 0 Å². The zero-order chi connectivity index (χ0) is 13.7. The SMILES string of the molecule is CCCNCc1ccc(Br)cc1N1CCCC(C)C1. The topological polar surface area (TPSA) is 15.3 Å². The third kappa shape index (κ3) is 4.22. The fraction of sp³-hybridized carbons (Fsp3) is 0.625. The molecule has 0 aromatic heterocycles. The number of hydrogen-bond donors (Lipinski definition) is 1. The van der Waals surface area contributed by atoms with Crippen LogP contribution < -0.4 is 10.2 Å². The van der Waals surface area contributed by atoms with E-state index in [0.717, 1.165) is 19.0 Å². The number of nitrogens with zero attached hydrogens (tertiary/aromatic N) is 1. The third-order valence-electron chi connectivity index (χ3n) is 3.79. The molecule has 1 atom stereocenters. The Morgan fingerprint density at radius 1 is 1.42 bits per heavy atom. The molecule has 0 spiro atoms. The van der Waals surface area contributed by atoms with Crippen LogP contribution in [0.1, 0.15) is 38.7 Å². The monoisotopic (exact) mass is 324 g/mol. The molecule has 0 aliphatic carbocycles. The summed E-state index contributed by atoms with van der Waals surface area (Å²) in [6, 6.07) is 6.68. The molecule has 2 rings (SSSR count). The lowest BCUT2D eigenvalue weighted by atomic mass is 9.99. The maximum atomic E-state index is 3.61. The van der Waals surface area contributed by atoms with Crippen LogP contribution in [0, 0.1) is 5.92 Å². The highest BCUT2D eigenvalue weighted by atomic mass is 79.9. The summed E-state index contributed by atoms with van der Waals surface area (Å²) in [5, 5.41) is 3.52. The Balaban J connectivity index is 2.13. The number of piperidine rings is 1. The first-order valence-corrected chi connectivity index (χ1v) is 8.24. The molecule has 3 heteroatoms. The molecule has 1 aliphatic heterocycles. The van der Waals surface area contributed by atoms with Gasteiger partial charge in [0, 0.05) is 29.8 Å². The fourth-order valence-electron chi connectivity index (χ4n) is 2.79. The molecule has 1 unspecified atom stereocenters. The molecule has 1 aromatic carbocycles. The van der Waals surface area contributed by atoms with Crippen molar-refractivity contribution in [3.8, 4) is 0 Å². The Bertz CT molecular complexity index is 406. The lowest BCUT2D eigenvalue weighted by molar-refractivity contribution is 0.446. The van der Waals surface area contributed by atoms with E-state index in [1.807, 2.05) is 0 Å². The van der Waals surface area contributed by atoms with Crippen LogP contribution in [-0.4, -0.2) is 19.6 Å². The maximum absolute atomic E-state index is 3.61. The Morgan fingerprint density at radius 3 is 3.00 bits per heavy atom. The summed E-state index contributed by atoms with van der Waals surface area (Å²) >= 11 is 3.61. The van der Waals surface area contributed by atoms with Gasteiger partial charge in [-0.05, 0) is 49.4 Å². The van der Waals surface area contributed by atoms with E-state index < -0.39 is 0 Å². The zero-order valence-electron chi connectivity index (χ0n) is 12.1. The Hall–Kier alpha value is -0.540. The van der Waals surface area contributed by atoms with Gasteiger partial charge in [0.25, 0.3) is 0 Å². The molecule has 2 nitrogen and oxygen atoms in total. The standard InChI is InChI=1S/C16H25BrN2/c1-3-8-18-11-14-6-7-15(17)10-16(14)19-9-4-5-13(2)12-19/h6-7,10,13,18H,3-5,8-9,11-12H2,1-2H3. The largest absolute Gasteiger partial charge is 0.371 e. The molecule has 1 heterocycles. The average molecular weight is 325 g/mol. The van der Waals surface area contributed by atoms with Crippen molar-refractivity contribution in [2.24, 2.45) is 5.92 Å². The second kappa shape index (κ2) is 7.30. The van der Waals surface area contributed by atoms with E-state index in [9.17, 15) is 0 Å². The summed E-state index contributed by atoms with van der Waals surface area (Å²) in [6.45, 7) is 9.02. The quantitative estimate of drug-likeness (QED) is 0.817. The van der Waals surface area contributed by atoms with E-state index in [4.69, 9.17) is 0 Å². The minimum Gasteiger partial charge on any atom is -0.371 e. The zero-order valence-corrected chi connectivity index (χ0v) is 13.7. The molecule has 1 aromatic rings. The van der Waals surface area contributed by atoms with Crippen molar-refractivity contribution in [3.05, 3.63) is 28.2 Å². The van der Waals surface area contributed by atoms with Crippen LogP contribution in [0.15, 0.2) is 22.7 Å². The van der Waals surface area contributed by atoms with Gasteiger partial charge in [-0.25, -0.2) is 0 Å². The molecular weight excluding hydrogens is 300 g/mol. The van der Waals surface area contributed by atoms with E-state index in [-0.39, 0.29) is 0 Å². The number of nitrogens with one attached hydrogen (secondary N) is 1. The van der Waals surface area contributed by atoms with Crippen molar-refractivity contribution in [2.75, 3.05) is 24.5 Å². The molecule has 0 bridgehead atoms. The van der Waals surface area contributed by atoms with E-state index in [2.05, 4.69) is 58.2 Å². The van der Waals surface area contributed by atoms with Gasteiger partial charge in [-0.3, -0.25) is 0 Å². The molecule has 1 N–H and O–H groups in total. The minimum atomic E-state index is 0.809.